The minimum Gasteiger partial charge on any atom is -0.356 e. The van der Waals surface area contributed by atoms with Crippen LogP contribution in [0.3, 0.4) is 0 Å². The van der Waals surface area contributed by atoms with Crippen molar-refractivity contribution in [3.8, 4) is 0 Å². The molecule has 0 radical (unpaired) electrons. The van der Waals surface area contributed by atoms with Gasteiger partial charge in [0.05, 0.1) is 0 Å². The molecule has 25 heavy (non-hydrogen) atoms. The van der Waals surface area contributed by atoms with Gasteiger partial charge in [0, 0.05) is 35.8 Å². The first-order valence-electron chi connectivity index (χ1n) is 8.70. The second kappa shape index (κ2) is 11.0. The van der Waals surface area contributed by atoms with Crippen molar-refractivity contribution in [2.24, 2.45) is 10.9 Å². The Morgan fingerprint density at radius 2 is 2.20 bits per heavy atom. The molecule has 1 aromatic heterocycles. The van der Waals surface area contributed by atoms with E-state index in [2.05, 4.69) is 65.2 Å². The first-order chi connectivity index (χ1) is 11.5. The quantitative estimate of drug-likeness (QED) is 0.354. The van der Waals surface area contributed by atoms with E-state index in [4.69, 9.17) is 0 Å². The lowest BCUT2D eigenvalue weighted by molar-refractivity contribution is 0.125. The molecule has 2 heterocycles. The van der Waals surface area contributed by atoms with Crippen molar-refractivity contribution < 1.29 is 0 Å². The third-order valence-corrected chi connectivity index (χ3v) is 7.02. The molecule has 0 spiro atoms. The van der Waals surface area contributed by atoms with Crippen molar-refractivity contribution in [2.45, 2.75) is 37.5 Å². The van der Waals surface area contributed by atoms with Crippen LogP contribution in [-0.4, -0.2) is 55.6 Å². The monoisotopic (exact) mass is 496 g/mol. The molecule has 0 aromatic carbocycles. The van der Waals surface area contributed by atoms with Gasteiger partial charge in [-0.3, -0.25) is 9.89 Å². The molecule has 1 aliphatic rings. The summed E-state index contributed by atoms with van der Waals surface area (Å²) in [6.45, 7) is 7.56. The second-order valence-electron chi connectivity index (χ2n) is 7.11. The van der Waals surface area contributed by atoms with Crippen LogP contribution in [0.25, 0.3) is 0 Å². The number of hydrogen-bond acceptors (Lipinski definition) is 4. The van der Waals surface area contributed by atoms with E-state index < -0.39 is 0 Å². The molecule has 1 saturated heterocycles. The smallest absolute Gasteiger partial charge is 0.191 e. The fourth-order valence-electron chi connectivity index (χ4n) is 3.20. The van der Waals surface area contributed by atoms with Crippen LogP contribution in [0.5, 0.6) is 0 Å². The van der Waals surface area contributed by atoms with E-state index in [0.717, 1.165) is 19.0 Å². The van der Waals surface area contributed by atoms with Gasteiger partial charge in [0.25, 0.3) is 0 Å². The molecule has 1 aromatic rings. The molecule has 144 valence electrons. The van der Waals surface area contributed by atoms with Crippen LogP contribution in [0.15, 0.2) is 22.5 Å². The first-order valence-corrected chi connectivity index (χ1v) is 10.8. The Balaban J connectivity index is 0.00000312. The summed E-state index contributed by atoms with van der Waals surface area (Å²) >= 11 is 3.75. The summed E-state index contributed by atoms with van der Waals surface area (Å²) in [5.74, 6) is 1.53. The molecule has 1 aliphatic heterocycles. The summed E-state index contributed by atoms with van der Waals surface area (Å²) in [5.41, 5.74) is 0. The van der Waals surface area contributed by atoms with Gasteiger partial charge >= 0.3 is 0 Å². The number of likely N-dealkylation sites (tertiary alicyclic amines) is 1. The molecule has 7 heteroatoms. The molecule has 0 amide bonds. The largest absolute Gasteiger partial charge is 0.356 e. The van der Waals surface area contributed by atoms with Gasteiger partial charge in [-0.1, -0.05) is 6.07 Å². The number of guanidine groups is 1. The second-order valence-corrected chi connectivity index (χ2v) is 9.61. The van der Waals surface area contributed by atoms with E-state index >= 15 is 0 Å². The lowest BCUT2D eigenvalue weighted by atomic mass is 9.88. The van der Waals surface area contributed by atoms with E-state index in [-0.39, 0.29) is 28.7 Å². The summed E-state index contributed by atoms with van der Waals surface area (Å²) in [4.78, 5) is 8.38. The number of halogens is 1. The zero-order valence-corrected chi connectivity index (χ0v) is 20.0. The van der Waals surface area contributed by atoms with Crippen LogP contribution >= 0.6 is 47.1 Å². The van der Waals surface area contributed by atoms with E-state index in [1.807, 2.05) is 30.1 Å². The molecule has 1 fully saturated rings. The van der Waals surface area contributed by atoms with Crippen LogP contribution < -0.4 is 10.6 Å². The maximum Gasteiger partial charge on any atom is 0.191 e. The highest BCUT2D eigenvalue weighted by atomic mass is 127. The van der Waals surface area contributed by atoms with Crippen molar-refractivity contribution in [1.29, 1.82) is 0 Å². The SMILES string of the molecule is CN=C(NCC1CCCN(C)C1c1cccs1)NCC(C)(C)SC.I. The standard InChI is InChI=1S/C18H32N4S2.HI/c1-18(2,23-5)13-21-17(19-3)20-12-14-8-6-10-22(4)16(14)15-9-7-11-24-15;/h7,9,11,14,16H,6,8,10,12-13H2,1-5H3,(H2,19,20,21);1H. The average Bonchev–Trinajstić information content (AvgIpc) is 3.09. The van der Waals surface area contributed by atoms with E-state index in [9.17, 15) is 0 Å². The van der Waals surface area contributed by atoms with E-state index in [1.165, 1.54) is 24.3 Å². The van der Waals surface area contributed by atoms with Crippen molar-refractivity contribution in [3.05, 3.63) is 22.4 Å². The van der Waals surface area contributed by atoms with Crippen LogP contribution in [0.4, 0.5) is 0 Å². The van der Waals surface area contributed by atoms with Gasteiger partial charge in [0.15, 0.2) is 5.96 Å². The van der Waals surface area contributed by atoms with Crippen LogP contribution in [0.2, 0.25) is 0 Å². The van der Waals surface area contributed by atoms with Crippen molar-refractivity contribution in [2.75, 3.05) is 40.0 Å². The minimum absolute atomic E-state index is 0. The summed E-state index contributed by atoms with van der Waals surface area (Å²) < 4.78 is 0.210. The molecule has 0 aliphatic carbocycles. The van der Waals surface area contributed by atoms with E-state index in [0.29, 0.717) is 12.0 Å². The molecule has 2 unspecified atom stereocenters. The van der Waals surface area contributed by atoms with Gasteiger partial charge < -0.3 is 10.6 Å². The first kappa shape index (κ1) is 23.0. The normalized spacial score (nSPS) is 22.4. The minimum atomic E-state index is 0. The molecular formula is C18H33IN4S2. The van der Waals surface area contributed by atoms with Gasteiger partial charge in [-0.05, 0) is 63.9 Å². The number of piperidine rings is 1. The van der Waals surface area contributed by atoms with Gasteiger partial charge in [-0.25, -0.2) is 0 Å². The Hall–Kier alpha value is 0.01000. The maximum absolute atomic E-state index is 4.39. The maximum atomic E-state index is 4.39. The molecule has 0 saturated carbocycles. The van der Waals surface area contributed by atoms with Crippen molar-refractivity contribution in [3.63, 3.8) is 0 Å². The number of nitrogens with one attached hydrogen (secondary N) is 2. The Labute approximate surface area is 178 Å². The Bertz CT molecular complexity index is 519. The van der Waals surface area contributed by atoms with Gasteiger partial charge in [-0.15, -0.1) is 35.3 Å². The predicted octanol–water partition coefficient (Wildman–Crippen LogP) is 4.06. The van der Waals surface area contributed by atoms with Gasteiger partial charge in [0.2, 0.25) is 0 Å². The summed E-state index contributed by atoms with van der Waals surface area (Å²) in [5, 5.41) is 9.21. The summed E-state index contributed by atoms with van der Waals surface area (Å²) in [6.07, 6.45) is 4.70. The zero-order chi connectivity index (χ0) is 17.6. The van der Waals surface area contributed by atoms with Crippen LogP contribution in [0.1, 0.15) is 37.6 Å². The predicted molar refractivity (Wildman–Crippen MR) is 125 cm³/mol. The van der Waals surface area contributed by atoms with Crippen LogP contribution in [-0.2, 0) is 0 Å². The molecule has 0 bridgehead atoms. The Morgan fingerprint density at radius 3 is 2.80 bits per heavy atom. The van der Waals surface area contributed by atoms with Gasteiger partial charge in [0.1, 0.15) is 0 Å². The number of thiophene rings is 1. The topological polar surface area (TPSA) is 39.7 Å². The average molecular weight is 497 g/mol. The third-order valence-electron chi connectivity index (χ3n) is 4.83. The summed E-state index contributed by atoms with van der Waals surface area (Å²) in [7, 11) is 4.11. The van der Waals surface area contributed by atoms with E-state index in [1.54, 1.807) is 0 Å². The van der Waals surface area contributed by atoms with Crippen molar-refractivity contribution in [1.82, 2.24) is 15.5 Å². The number of thioether (sulfide) groups is 1. The molecule has 4 nitrogen and oxygen atoms in total. The highest BCUT2D eigenvalue weighted by molar-refractivity contribution is 14.0. The highest BCUT2D eigenvalue weighted by Gasteiger charge is 2.31. The highest BCUT2D eigenvalue weighted by Crippen LogP contribution is 2.36. The molecule has 2 N–H and O–H groups in total. The fraction of sp³-hybridized carbons (Fsp3) is 0.722. The Kier molecular flexibility index (Phi) is 10.1. The van der Waals surface area contributed by atoms with Crippen molar-refractivity contribution >= 4 is 53.0 Å². The zero-order valence-electron chi connectivity index (χ0n) is 16.0. The molecular weight excluding hydrogens is 463 g/mol. The lowest BCUT2D eigenvalue weighted by Gasteiger charge is -2.39. The molecule has 2 rings (SSSR count). The molecule has 2 atom stereocenters. The Morgan fingerprint density at radius 1 is 1.44 bits per heavy atom. The number of hydrogen-bond donors (Lipinski definition) is 2. The number of rotatable bonds is 6. The number of nitrogens with zero attached hydrogens (tertiary/aromatic N) is 2. The van der Waals surface area contributed by atoms with Gasteiger partial charge in [-0.2, -0.15) is 11.8 Å². The lowest BCUT2D eigenvalue weighted by Crippen LogP contribution is -2.47. The van der Waals surface area contributed by atoms with Crippen LogP contribution in [0, 0.1) is 5.92 Å². The number of aliphatic imine (C=N–C) groups is 1. The third kappa shape index (κ3) is 6.92. The fourth-order valence-corrected chi connectivity index (χ4v) is 4.40. The summed E-state index contributed by atoms with van der Waals surface area (Å²) in [6, 6.07) is 4.96.